The Bertz CT molecular complexity index is 1610. The minimum absolute atomic E-state index is 0.0426. The van der Waals surface area contributed by atoms with E-state index < -0.39 is 39.6 Å². The average molecular weight is 569 g/mol. The van der Waals surface area contributed by atoms with Crippen molar-refractivity contribution in [2.24, 2.45) is 5.92 Å². The zero-order valence-electron chi connectivity index (χ0n) is 20.9. The Hall–Kier alpha value is -4.21. The van der Waals surface area contributed by atoms with Crippen LogP contribution in [0.3, 0.4) is 0 Å². The predicted octanol–water partition coefficient (Wildman–Crippen LogP) is 3.74. The number of benzene rings is 3. The maximum absolute atomic E-state index is 13.7. The molecule has 0 saturated carbocycles. The molecule has 40 heavy (non-hydrogen) atoms. The van der Waals surface area contributed by atoms with Gasteiger partial charge in [0.1, 0.15) is 6.04 Å². The van der Waals surface area contributed by atoms with Gasteiger partial charge in [0.2, 0.25) is 15.9 Å². The van der Waals surface area contributed by atoms with Crippen molar-refractivity contribution in [3.05, 3.63) is 95.1 Å². The second-order valence-corrected chi connectivity index (χ2v) is 11.6. The van der Waals surface area contributed by atoms with Gasteiger partial charge in [-0.05, 0) is 47.5 Å². The molecule has 2 aliphatic rings. The Balaban J connectivity index is 1.36. The Kier molecular flexibility index (Phi) is 7.12. The van der Waals surface area contributed by atoms with E-state index in [9.17, 15) is 31.2 Å². The lowest BCUT2D eigenvalue weighted by atomic mass is 10.1. The molecule has 5 rings (SSSR count). The molecule has 2 amide bonds. The van der Waals surface area contributed by atoms with Gasteiger partial charge in [-0.1, -0.05) is 36.4 Å². The molecule has 1 saturated heterocycles. The second-order valence-electron chi connectivity index (χ2n) is 9.61. The van der Waals surface area contributed by atoms with Crippen molar-refractivity contribution < 1.29 is 31.2 Å². The summed E-state index contributed by atoms with van der Waals surface area (Å²) in [5.41, 5.74) is 0.981. The van der Waals surface area contributed by atoms with Gasteiger partial charge in [0.15, 0.2) is 0 Å². The highest BCUT2D eigenvalue weighted by Gasteiger charge is 2.40. The Morgan fingerprint density at radius 1 is 1.00 bits per heavy atom. The number of nitriles is 1. The molecule has 2 aliphatic heterocycles. The third kappa shape index (κ3) is 5.17. The Morgan fingerprint density at radius 2 is 1.70 bits per heavy atom. The van der Waals surface area contributed by atoms with E-state index in [-0.39, 0.29) is 42.4 Å². The first-order valence-electron chi connectivity index (χ1n) is 12.3. The third-order valence-electron chi connectivity index (χ3n) is 6.99. The maximum Gasteiger partial charge on any atom is 0.416 e. The smallest absolute Gasteiger partial charge is 0.350 e. The van der Waals surface area contributed by atoms with Crippen LogP contribution < -0.4 is 10.2 Å². The molecule has 8 nitrogen and oxygen atoms in total. The number of nitrogens with zero attached hydrogens (tertiary/aromatic N) is 3. The molecule has 1 N–H and O–H groups in total. The molecular formula is C28H23F3N4O4S. The lowest BCUT2D eigenvalue weighted by Gasteiger charge is -2.34. The highest BCUT2D eigenvalue weighted by Crippen LogP contribution is 2.34. The highest BCUT2D eigenvalue weighted by atomic mass is 32.2. The SMILES string of the molecule is N#CC1CN(S(=O)(=O)c2cccc(C(=O)N3c4ccccc4CC3C(=O)NCc3ccc(C(F)(F)F)cc3)c2)C1. The molecule has 1 unspecified atom stereocenters. The first-order valence-corrected chi connectivity index (χ1v) is 13.8. The number of rotatable bonds is 6. The topological polar surface area (TPSA) is 111 Å². The minimum atomic E-state index is -4.47. The number of anilines is 1. The van der Waals surface area contributed by atoms with E-state index in [1.807, 2.05) is 6.07 Å². The summed E-state index contributed by atoms with van der Waals surface area (Å²) in [5, 5.41) is 11.7. The minimum Gasteiger partial charge on any atom is -0.350 e. The van der Waals surface area contributed by atoms with E-state index in [2.05, 4.69) is 5.32 Å². The Morgan fingerprint density at radius 3 is 2.38 bits per heavy atom. The normalized spacial score (nSPS) is 17.6. The lowest BCUT2D eigenvalue weighted by Crippen LogP contribution is -2.49. The van der Waals surface area contributed by atoms with Crippen molar-refractivity contribution in [3.63, 3.8) is 0 Å². The molecule has 3 aromatic carbocycles. The first-order chi connectivity index (χ1) is 19.0. The molecule has 2 heterocycles. The van der Waals surface area contributed by atoms with Crippen LogP contribution in [0.25, 0.3) is 0 Å². The maximum atomic E-state index is 13.7. The third-order valence-corrected chi connectivity index (χ3v) is 8.82. The summed E-state index contributed by atoms with van der Waals surface area (Å²) in [5.74, 6) is -1.45. The molecule has 1 fully saturated rings. The van der Waals surface area contributed by atoms with E-state index in [4.69, 9.17) is 5.26 Å². The van der Waals surface area contributed by atoms with Gasteiger partial charge in [-0.2, -0.15) is 22.7 Å². The quantitative estimate of drug-likeness (QED) is 0.487. The molecule has 0 bridgehead atoms. The average Bonchev–Trinajstić information content (AvgIpc) is 3.30. The standard InChI is InChI=1S/C28H23F3N4O4S/c29-28(30,31)22-10-8-18(9-11-22)15-33-26(36)25-13-20-4-1-2-7-24(20)35(25)27(37)21-5-3-6-23(12-21)40(38,39)34-16-19(14-32)17-34/h1-12,19,25H,13,15-17H2,(H,33,36). The van der Waals surface area contributed by atoms with Crippen LogP contribution in [0.4, 0.5) is 18.9 Å². The molecule has 0 aliphatic carbocycles. The number of nitrogens with one attached hydrogen (secondary N) is 1. The number of alkyl halides is 3. The van der Waals surface area contributed by atoms with Gasteiger partial charge in [-0.15, -0.1) is 0 Å². The van der Waals surface area contributed by atoms with Crippen LogP contribution in [0.1, 0.15) is 27.0 Å². The van der Waals surface area contributed by atoms with Crippen molar-refractivity contribution in [1.82, 2.24) is 9.62 Å². The van der Waals surface area contributed by atoms with Gasteiger partial charge in [-0.3, -0.25) is 14.5 Å². The van der Waals surface area contributed by atoms with Gasteiger partial charge in [0.25, 0.3) is 5.91 Å². The molecule has 0 radical (unpaired) electrons. The van der Waals surface area contributed by atoms with E-state index in [0.29, 0.717) is 11.3 Å². The number of carbonyl (C=O) groups excluding carboxylic acids is 2. The van der Waals surface area contributed by atoms with Crippen molar-refractivity contribution in [1.29, 1.82) is 5.26 Å². The van der Waals surface area contributed by atoms with Crippen LogP contribution >= 0.6 is 0 Å². The number of carbonyl (C=O) groups is 2. The van der Waals surface area contributed by atoms with Gasteiger partial charge in [0, 0.05) is 37.3 Å². The molecular weight excluding hydrogens is 545 g/mol. The van der Waals surface area contributed by atoms with Gasteiger partial charge < -0.3 is 5.32 Å². The molecule has 12 heteroatoms. The first kappa shape index (κ1) is 27.4. The fraction of sp³-hybridized carbons (Fsp3) is 0.250. The second kappa shape index (κ2) is 10.4. The summed E-state index contributed by atoms with van der Waals surface area (Å²) < 4.78 is 65.7. The van der Waals surface area contributed by atoms with Crippen molar-refractivity contribution in [2.45, 2.75) is 30.1 Å². The predicted molar refractivity (Wildman–Crippen MR) is 138 cm³/mol. The summed E-state index contributed by atoms with van der Waals surface area (Å²) in [7, 11) is -3.91. The number of amides is 2. The number of halogens is 3. The van der Waals surface area contributed by atoms with Gasteiger partial charge in [-0.25, -0.2) is 8.42 Å². The zero-order chi connectivity index (χ0) is 28.7. The Labute approximate surface area is 228 Å². The number of hydrogen-bond acceptors (Lipinski definition) is 5. The molecule has 1 atom stereocenters. The van der Waals surface area contributed by atoms with Crippen molar-refractivity contribution in [3.8, 4) is 6.07 Å². The van der Waals surface area contributed by atoms with Gasteiger partial charge >= 0.3 is 6.18 Å². The highest BCUT2D eigenvalue weighted by molar-refractivity contribution is 7.89. The fourth-order valence-electron chi connectivity index (χ4n) is 4.76. The van der Waals surface area contributed by atoms with Crippen LogP contribution in [0.5, 0.6) is 0 Å². The number of hydrogen-bond donors (Lipinski definition) is 1. The van der Waals surface area contributed by atoms with Crippen molar-refractivity contribution in [2.75, 3.05) is 18.0 Å². The van der Waals surface area contributed by atoms with Crippen LogP contribution in [0.2, 0.25) is 0 Å². The van der Waals surface area contributed by atoms with E-state index in [1.165, 1.54) is 45.6 Å². The number of sulfonamides is 1. The van der Waals surface area contributed by atoms with Crippen molar-refractivity contribution >= 4 is 27.5 Å². The zero-order valence-corrected chi connectivity index (χ0v) is 21.7. The molecule has 3 aromatic rings. The van der Waals surface area contributed by atoms with Gasteiger partial charge in [0.05, 0.1) is 22.4 Å². The van der Waals surface area contributed by atoms with Crippen LogP contribution in [0.15, 0.2) is 77.7 Å². The number of fused-ring (bicyclic) bond motifs is 1. The summed E-state index contributed by atoms with van der Waals surface area (Å²) >= 11 is 0. The van der Waals surface area contributed by atoms with E-state index in [1.54, 1.807) is 24.3 Å². The van der Waals surface area contributed by atoms with E-state index >= 15 is 0 Å². The van der Waals surface area contributed by atoms with Crippen LogP contribution in [0, 0.1) is 17.2 Å². The number of para-hydroxylation sites is 1. The monoisotopic (exact) mass is 568 g/mol. The van der Waals surface area contributed by atoms with E-state index in [0.717, 1.165) is 17.7 Å². The van der Waals surface area contributed by atoms with Crippen LogP contribution in [-0.2, 0) is 34.0 Å². The van der Waals surface area contributed by atoms with Crippen LogP contribution in [-0.4, -0.2) is 43.7 Å². The summed E-state index contributed by atoms with van der Waals surface area (Å²) in [4.78, 5) is 28.2. The molecule has 0 aromatic heterocycles. The lowest BCUT2D eigenvalue weighted by molar-refractivity contribution is -0.137. The molecule has 206 valence electrons. The summed E-state index contributed by atoms with van der Waals surface area (Å²) in [6.45, 7) is 0.120. The summed E-state index contributed by atoms with van der Waals surface area (Å²) in [6.07, 6.45) is -4.26. The largest absolute Gasteiger partial charge is 0.416 e. The fourth-order valence-corrected chi connectivity index (χ4v) is 6.34. The molecule has 0 spiro atoms. The summed E-state index contributed by atoms with van der Waals surface area (Å²) in [6, 6.07) is 18.0.